The molecule has 2 heterocycles. The first-order chi connectivity index (χ1) is 8.52. The Balaban J connectivity index is 2.05. The SMILES string of the molecule is CNC(C)c1nnc(N2CCCC(C)(O)CC2)o1. The molecular weight excluding hydrogens is 232 g/mol. The maximum absolute atomic E-state index is 10.0. The zero-order valence-corrected chi connectivity index (χ0v) is 11.3. The van der Waals surface area contributed by atoms with Gasteiger partial charge in [0.1, 0.15) is 0 Å². The van der Waals surface area contributed by atoms with Gasteiger partial charge in [-0.25, -0.2) is 0 Å². The van der Waals surface area contributed by atoms with Gasteiger partial charge in [-0.2, -0.15) is 0 Å². The third kappa shape index (κ3) is 3.00. The Bertz CT molecular complexity index is 391. The van der Waals surface area contributed by atoms with Gasteiger partial charge in [0.25, 0.3) is 0 Å². The van der Waals surface area contributed by atoms with E-state index in [1.165, 1.54) is 0 Å². The van der Waals surface area contributed by atoms with Crippen molar-refractivity contribution < 1.29 is 9.52 Å². The molecule has 6 nitrogen and oxygen atoms in total. The molecule has 0 radical (unpaired) electrons. The summed E-state index contributed by atoms with van der Waals surface area (Å²) < 4.78 is 5.66. The molecule has 2 unspecified atom stereocenters. The van der Waals surface area contributed by atoms with Crippen molar-refractivity contribution in [3.63, 3.8) is 0 Å². The molecular formula is C12H22N4O2. The Morgan fingerprint density at radius 3 is 2.89 bits per heavy atom. The van der Waals surface area contributed by atoms with Crippen molar-refractivity contribution in [1.29, 1.82) is 0 Å². The van der Waals surface area contributed by atoms with Gasteiger partial charge < -0.3 is 19.7 Å². The van der Waals surface area contributed by atoms with Crippen molar-refractivity contribution in [1.82, 2.24) is 15.5 Å². The lowest BCUT2D eigenvalue weighted by molar-refractivity contribution is 0.0481. The zero-order chi connectivity index (χ0) is 13.2. The molecule has 102 valence electrons. The number of nitrogens with one attached hydrogen (secondary N) is 1. The Morgan fingerprint density at radius 2 is 2.17 bits per heavy atom. The minimum atomic E-state index is -0.574. The van der Waals surface area contributed by atoms with E-state index in [0.717, 1.165) is 32.4 Å². The molecule has 0 saturated carbocycles. The molecule has 1 aromatic heterocycles. The van der Waals surface area contributed by atoms with Crippen LogP contribution in [0.2, 0.25) is 0 Å². The first-order valence-corrected chi connectivity index (χ1v) is 6.50. The van der Waals surface area contributed by atoms with Crippen LogP contribution in [0.25, 0.3) is 0 Å². The van der Waals surface area contributed by atoms with E-state index in [0.29, 0.717) is 11.9 Å². The largest absolute Gasteiger partial charge is 0.406 e. The van der Waals surface area contributed by atoms with Gasteiger partial charge in [-0.3, -0.25) is 0 Å². The summed E-state index contributed by atoms with van der Waals surface area (Å²) in [6.45, 7) is 5.47. The lowest BCUT2D eigenvalue weighted by Gasteiger charge is -2.21. The third-order valence-electron chi connectivity index (χ3n) is 3.57. The van der Waals surface area contributed by atoms with Gasteiger partial charge in [0, 0.05) is 13.1 Å². The Kier molecular flexibility index (Phi) is 3.87. The van der Waals surface area contributed by atoms with Gasteiger partial charge >= 0.3 is 6.01 Å². The normalized spacial score (nSPS) is 27.0. The summed E-state index contributed by atoms with van der Waals surface area (Å²) in [5, 5.41) is 21.2. The van der Waals surface area contributed by atoms with Crippen LogP contribution in [0.5, 0.6) is 0 Å². The second-order valence-electron chi connectivity index (χ2n) is 5.27. The van der Waals surface area contributed by atoms with E-state index in [-0.39, 0.29) is 6.04 Å². The molecule has 6 heteroatoms. The van der Waals surface area contributed by atoms with Gasteiger partial charge in [-0.05, 0) is 40.2 Å². The summed E-state index contributed by atoms with van der Waals surface area (Å²) in [4.78, 5) is 2.06. The number of aromatic nitrogens is 2. The average molecular weight is 254 g/mol. The van der Waals surface area contributed by atoms with Crippen LogP contribution in [0.4, 0.5) is 6.01 Å². The van der Waals surface area contributed by atoms with E-state index in [9.17, 15) is 5.11 Å². The van der Waals surface area contributed by atoms with Crippen molar-refractivity contribution in [2.24, 2.45) is 0 Å². The van der Waals surface area contributed by atoms with Crippen LogP contribution in [-0.4, -0.2) is 41.0 Å². The van der Waals surface area contributed by atoms with E-state index in [4.69, 9.17) is 4.42 Å². The molecule has 1 aliphatic heterocycles. The van der Waals surface area contributed by atoms with Gasteiger partial charge in [-0.15, -0.1) is 5.10 Å². The van der Waals surface area contributed by atoms with Crippen molar-refractivity contribution in [3.05, 3.63) is 5.89 Å². The van der Waals surface area contributed by atoms with Crippen LogP contribution in [-0.2, 0) is 0 Å². The second-order valence-corrected chi connectivity index (χ2v) is 5.27. The molecule has 1 saturated heterocycles. The summed E-state index contributed by atoms with van der Waals surface area (Å²) in [5.74, 6) is 0.600. The van der Waals surface area contributed by atoms with Crippen LogP contribution in [0, 0.1) is 0 Å². The molecule has 1 fully saturated rings. The van der Waals surface area contributed by atoms with Crippen LogP contribution in [0.3, 0.4) is 0 Å². The number of aliphatic hydroxyl groups is 1. The highest BCUT2D eigenvalue weighted by molar-refractivity contribution is 5.24. The smallest absolute Gasteiger partial charge is 0.318 e. The highest BCUT2D eigenvalue weighted by atomic mass is 16.4. The van der Waals surface area contributed by atoms with Gasteiger partial charge in [0.2, 0.25) is 5.89 Å². The van der Waals surface area contributed by atoms with E-state index >= 15 is 0 Å². The fraction of sp³-hybridized carbons (Fsp3) is 0.833. The summed E-state index contributed by atoms with van der Waals surface area (Å²) in [7, 11) is 1.86. The van der Waals surface area contributed by atoms with E-state index < -0.39 is 5.60 Å². The van der Waals surface area contributed by atoms with Crippen LogP contribution >= 0.6 is 0 Å². The summed E-state index contributed by atoms with van der Waals surface area (Å²) in [5.41, 5.74) is -0.574. The topological polar surface area (TPSA) is 74.4 Å². The van der Waals surface area contributed by atoms with E-state index in [2.05, 4.69) is 20.4 Å². The number of hydrogen-bond donors (Lipinski definition) is 2. The predicted octanol–water partition coefficient (Wildman–Crippen LogP) is 1.09. The number of hydrogen-bond acceptors (Lipinski definition) is 6. The maximum atomic E-state index is 10.0. The van der Waals surface area contributed by atoms with Crippen molar-refractivity contribution in [2.45, 2.75) is 44.8 Å². The summed E-state index contributed by atoms with van der Waals surface area (Å²) in [6, 6.07) is 0.617. The van der Waals surface area contributed by atoms with Gasteiger partial charge in [0.15, 0.2) is 0 Å². The van der Waals surface area contributed by atoms with Crippen molar-refractivity contribution >= 4 is 6.01 Å². The molecule has 0 aromatic carbocycles. The predicted molar refractivity (Wildman–Crippen MR) is 68.5 cm³/mol. The highest BCUT2D eigenvalue weighted by Crippen LogP contribution is 2.25. The molecule has 1 aromatic rings. The Morgan fingerprint density at radius 1 is 1.39 bits per heavy atom. The zero-order valence-electron chi connectivity index (χ0n) is 11.3. The van der Waals surface area contributed by atoms with Crippen molar-refractivity contribution in [2.75, 3.05) is 25.0 Å². The highest BCUT2D eigenvalue weighted by Gasteiger charge is 2.27. The lowest BCUT2D eigenvalue weighted by atomic mass is 9.98. The quantitative estimate of drug-likeness (QED) is 0.841. The Labute approximate surface area is 107 Å². The fourth-order valence-corrected chi connectivity index (χ4v) is 2.11. The first kappa shape index (κ1) is 13.3. The number of rotatable bonds is 3. The average Bonchev–Trinajstić information content (AvgIpc) is 2.74. The summed E-state index contributed by atoms with van der Waals surface area (Å²) >= 11 is 0. The number of anilines is 1. The van der Waals surface area contributed by atoms with Gasteiger partial charge in [-0.1, -0.05) is 5.10 Å². The molecule has 2 rings (SSSR count). The fourth-order valence-electron chi connectivity index (χ4n) is 2.11. The van der Waals surface area contributed by atoms with Crippen molar-refractivity contribution in [3.8, 4) is 0 Å². The second kappa shape index (κ2) is 5.24. The maximum Gasteiger partial charge on any atom is 0.318 e. The van der Waals surface area contributed by atoms with Crippen LogP contribution in [0.1, 0.15) is 45.0 Å². The molecule has 1 aliphatic rings. The molecule has 0 spiro atoms. The standard InChI is InChI=1S/C12H22N4O2/c1-9(13-3)10-14-15-11(18-10)16-7-4-5-12(2,17)6-8-16/h9,13,17H,4-8H2,1-3H3. The Hall–Kier alpha value is -1.14. The number of nitrogens with zero attached hydrogens (tertiary/aromatic N) is 3. The first-order valence-electron chi connectivity index (χ1n) is 6.50. The molecule has 2 N–H and O–H groups in total. The minimum Gasteiger partial charge on any atom is -0.406 e. The molecule has 2 atom stereocenters. The monoisotopic (exact) mass is 254 g/mol. The molecule has 0 amide bonds. The van der Waals surface area contributed by atoms with E-state index in [1.807, 2.05) is 20.9 Å². The molecule has 0 bridgehead atoms. The van der Waals surface area contributed by atoms with Gasteiger partial charge in [0.05, 0.1) is 11.6 Å². The lowest BCUT2D eigenvalue weighted by Crippen LogP contribution is -2.28. The van der Waals surface area contributed by atoms with Crippen LogP contribution < -0.4 is 10.2 Å². The molecule has 18 heavy (non-hydrogen) atoms. The van der Waals surface area contributed by atoms with E-state index in [1.54, 1.807) is 0 Å². The van der Waals surface area contributed by atoms with Crippen LogP contribution in [0.15, 0.2) is 4.42 Å². The third-order valence-corrected chi connectivity index (χ3v) is 3.57. The molecule has 0 aliphatic carbocycles. The summed E-state index contributed by atoms with van der Waals surface area (Å²) in [6.07, 6.45) is 2.48. The minimum absolute atomic E-state index is 0.0568.